The average molecular weight is 606 g/mol. The van der Waals surface area contributed by atoms with E-state index in [-0.39, 0.29) is 68.1 Å². The molecule has 3 rings (SSSR count). The number of aliphatic carboxylic acids is 1. The Bertz CT molecular complexity index is 1230. The lowest BCUT2D eigenvalue weighted by molar-refractivity contribution is -0.228. The molecule has 1 saturated heterocycles. The van der Waals surface area contributed by atoms with Crippen LogP contribution in [-0.4, -0.2) is 93.5 Å². The standard InChI is InChI=1S/C28H35N3O12/c1-16(32)41-15-17-6-7-20(42-25-14-19(33)26(38)27(43-25)28(39)40)18(13-17)30-22(35)10-11-29-21(34)5-3-2-4-12-31-23(36)8-9-24(31)37/h6-9,13,19,25-27,33,38H,2-5,10-12,14-15H2,1H3,(H,29,34)(H,30,35)(H,39,40)/t19?,25?,26-,27?/m0/s1. The maximum atomic E-state index is 12.7. The van der Waals surface area contributed by atoms with Crippen molar-refractivity contribution >= 4 is 41.3 Å². The molecule has 0 spiro atoms. The first kappa shape index (κ1) is 33.2. The number of carboxylic acid groups (broad SMARTS) is 1. The molecule has 0 radical (unpaired) electrons. The summed E-state index contributed by atoms with van der Waals surface area (Å²) in [5.74, 6) is -3.38. The summed E-state index contributed by atoms with van der Waals surface area (Å²) in [6.45, 7) is 1.47. The number of amides is 4. The van der Waals surface area contributed by atoms with Crippen molar-refractivity contribution in [3.05, 3.63) is 35.9 Å². The van der Waals surface area contributed by atoms with Crippen LogP contribution in [-0.2, 0) is 44.8 Å². The highest BCUT2D eigenvalue weighted by atomic mass is 16.7. The Kier molecular flexibility index (Phi) is 12.2. The number of rotatable bonds is 15. The maximum Gasteiger partial charge on any atom is 0.335 e. The Morgan fingerprint density at radius 3 is 2.42 bits per heavy atom. The number of aliphatic hydroxyl groups excluding tert-OH is 2. The van der Waals surface area contributed by atoms with Gasteiger partial charge in [-0.1, -0.05) is 12.5 Å². The Morgan fingerprint density at radius 1 is 1.02 bits per heavy atom. The van der Waals surface area contributed by atoms with E-state index in [1.54, 1.807) is 6.07 Å². The fraction of sp³-hybridized carbons (Fsp3) is 0.500. The zero-order valence-electron chi connectivity index (χ0n) is 23.5. The first-order valence-corrected chi connectivity index (χ1v) is 13.7. The fourth-order valence-electron chi connectivity index (χ4n) is 4.31. The van der Waals surface area contributed by atoms with Crippen molar-refractivity contribution in [1.82, 2.24) is 10.2 Å². The van der Waals surface area contributed by atoms with Gasteiger partial charge in [0.2, 0.25) is 18.1 Å². The molecule has 3 unspecified atom stereocenters. The summed E-state index contributed by atoms with van der Waals surface area (Å²) in [5.41, 5.74) is 0.645. The SMILES string of the molecule is CC(=O)OCc1ccc(OC2CC(O)[C@H](O)C(C(=O)O)O2)c(NC(=O)CCNC(=O)CCCCCN2C(=O)C=CC2=O)c1. The van der Waals surface area contributed by atoms with Crippen LogP contribution in [0.1, 0.15) is 51.0 Å². The molecule has 1 aromatic rings. The number of aliphatic hydroxyl groups is 2. The number of nitrogens with one attached hydrogen (secondary N) is 2. The molecule has 4 amide bonds. The Labute approximate surface area is 246 Å². The molecule has 1 aromatic carbocycles. The predicted octanol–water partition coefficient (Wildman–Crippen LogP) is -0.0199. The van der Waals surface area contributed by atoms with E-state index in [9.17, 15) is 44.1 Å². The van der Waals surface area contributed by atoms with E-state index in [0.717, 1.165) is 4.90 Å². The van der Waals surface area contributed by atoms with Crippen LogP contribution in [0.3, 0.4) is 0 Å². The van der Waals surface area contributed by atoms with Gasteiger partial charge in [-0.2, -0.15) is 0 Å². The van der Waals surface area contributed by atoms with Gasteiger partial charge in [-0.25, -0.2) is 4.79 Å². The number of carbonyl (C=O) groups excluding carboxylic acids is 5. The number of benzene rings is 1. The molecule has 2 heterocycles. The largest absolute Gasteiger partial charge is 0.479 e. The summed E-state index contributed by atoms with van der Waals surface area (Å²) in [6.07, 6.45) is -2.03. The third kappa shape index (κ3) is 10.2. The van der Waals surface area contributed by atoms with Crippen molar-refractivity contribution in [2.75, 3.05) is 18.4 Å². The highest BCUT2D eigenvalue weighted by molar-refractivity contribution is 6.12. The third-order valence-electron chi connectivity index (χ3n) is 6.56. The zero-order valence-corrected chi connectivity index (χ0v) is 23.5. The minimum absolute atomic E-state index is 0.0343. The third-order valence-corrected chi connectivity index (χ3v) is 6.56. The molecule has 234 valence electrons. The molecule has 1 fully saturated rings. The summed E-state index contributed by atoms with van der Waals surface area (Å²) < 4.78 is 16.0. The smallest absolute Gasteiger partial charge is 0.335 e. The molecular weight excluding hydrogens is 570 g/mol. The van der Waals surface area contributed by atoms with Gasteiger partial charge in [0.05, 0.1) is 11.8 Å². The van der Waals surface area contributed by atoms with E-state index in [1.807, 2.05) is 0 Å². The van der Waals surface area contributed by atoms with Crippen molar-refractivity contribution < 1.29 is 58.3 Å². The van der Waals surface area contributed by atoms with E-state index < -0.39 is 42.4 Å². The van der Waals surface area contributed by atoms with Crippen LogP contribution in [0.2, 0.25) is 0 Å². The quantitative estimate of drug-likeness (QED) is 0.101. The van der Waals surface area contributed by atoms with E-state index >= 15 is 0 Å². The number of hydrogen-bond acceptors (Lipinski definition) is 11. The number of imide groups is 1. The summed E-state index contributed by atoms with van der Waals surface area (Å²) >= 11 is 0. The number of ether oxygens (including phenoxy) is 3. The zero-order chi connectivity index (χ0) is 31.5. The first-order chi connectivity index (χ1) is 20.4. The van der Waals surface area contributed by atoms with Gasteiger partial charge in [0, 0.05) is 51.4 Å². The Morgan fingerprint density at radius 2 is 1.74 bits per heavy atom. The maximum absolute atomic E-state index is 12.7. The average Bonchev–Trinajstić information content (AvgIpc) is 3.26. The first-order valence-electron chi connectivity index (χ1n) is 13.7. The molecule has 0 bridgehead atoms. The number of hydrogen-bond donors (Lipinski definition) is 5. The van der Waals surface area contributed by atoms with Crippen molar-refractivity contribution in [3.63, 3.8) is 0 Å². The van der Waals surface area contributed by atoms with Gasteiger partial charge in [0.15, 0.2) is 6.10 Å². The van der Waals surface area contributed by atoms with E-state index in [1.165, 1.54) is 31.2 Å². The molecule has 15 nitrogen and oxygen atoms in total. The monoisotopic (exact) mass is 605 g/mol. The lowest BCUT2D eigenvalue weighted by Crippen LogP contribution is -2.53. The van der Waals surface area contributed by atoms with Gasteiger partial charge in [-0.3, -0.25) is 28.9 Å². The summed E-state index contributed by atoms with van der Waals surface area (Å²) in [5, 5.41) is 34.5. The predicted molar refractivity (Wildman–Crippen MR) is 146 cm³/mol. The number of nitrogens with zero attached hydrogens (tertiary/aromatic N) is 1. The second kappa shape index (κ2) is 15.8. The van der Waals surface area contributed by atoms with E-state index in [2.05, 4.69) is 10.6 Å². The molecule has 0 aromatic heterocycles. The van der Waals surface area contributed by atoms with E-state index in [0.29, 0.717) is 24.8 Å². The minimum atomic E-state index is -1.73. The number of anilines is 1. The fourth-order valence-corrected chi connectivity index (χ4v) is 4.31. The molecule has 2 aliphatic heterocycles. The van der Waals surface area contributed by atoms with Crippen LogP contribution in [0, 0.1) is 0 Å². The van der Waals surface area contributed by atoms with Gasteiger partial charge in [0.25, 0.3) is 11.8 Å². The van der Waals surface area contributed by atoms with Crippen molar-refractivity contribution in [2.24, 2.45) is 0 Å². The van der Waals surface area contributed by atoms with Crippen LogP contribution in [0.15, 0.2) is 30.4 Å². The van der Waals surface area contributed by atoms with Gasteiger partial charge in [-0.15, -0.1) is 0 Å². The van der Waals surface area contributed by atoms with Gasteiger partial charge in [0.1, 0.15) is 18.5 Å². The topological polar surface area (TPSA) is 218 Å². The molecule has 4 atom stereocenters. The second-order valence-corrected chi connectivity index (χ2v) is 9.97. The van der Waals surface area contributed by atoms with Crippen LogP contribution < -0.4 is 15.4 Å². The van der Waals surface area contributed by atoms with E-state index in [4.69, 9.17) is 14.2 Å². The molecule has 15 heteroatoms. The van der Waals surface area contributed by atoms with Crippen LogP contribution in [0.5, 0.6) is 5.75 Å². The molecule has 0 saturated carbocycles. The molecule has 43 heavy (non-hydrogen) atoms. The normalized spacial score (nSPS) is 21.4. The van der Waals surface area contributed by atoms with Gasteiger partial charge < -0.3 is 40.2 Å². The Hall–Kier alpha value is -4.34. The number of unbranched alkanes of at least 4 members (excludes halogenated alkanes) is 2. The van der Waals surface area contributed by atoms with Crippen molar-refractivity contribution in [1.29, 1.82) is 0 Å². The summed E-state index contributed by atoms with van der Waals surface area (Å²) in [6, 6.07) is 4.48. The lowest BCUT2D eigenvalue weighted by Gasteiger charge is -2.35. The molecule has 2 aliphatic rings. The summed E-state index contributed by atoms with van der Waals surface area (Å²) in [4.78, 5) is 71.6. The van der Waals surface area contributed by atoms with Crippen molar-refractivity contribution in [2.45, 2.75) is 76.7 Å². The van der Waals surface area contributed by atoms with Crippen molar-refractivity contribution in [3.8, 4) is 5.75 Å². The number of esters is 1. The second-order valence-electron chi connectivity index (χ2n) is 9.97. The van der Waals surface area contributed by atoms with Crippen LogP contribution >= 0.6 is 0 Å². The number of carboxylic acids is 1. The lowest BCUT2D eigenvalue weighted by atomic mass is 10.0. The Balaban J connectivity index is 1.49. The number of carbonyl (C=O) groups is 6. The van der Waals surface area contributed by atoms with Crippen LogP contribution in [0.4, 0.5) is 5.69 Å². The molecular formula is C28H35N3O12. The summed E-state index contributed by atoms with van der Waals surface area (Å²) in [7, 11) is 0. The highest BCUT2D eigenvalue weighted by Crippen LogP contribution is 2.31. The molecule has 5 N–H and O–H groups in total. The molecule has 0 aliphatic carbocycles. The minimum Gasteiger partial charge on any atom is -0.479 e. The van der Waals surface area contributed by atoms with Gasteiger partial charge >= 0.3 is 11.9 Å². The van der Waals surface area contributed by atoms with Gasteiger partial charge in [-0.05, 0) is 30.5 Å². The highest BCUT2D eigenvalue weighted by Gasteiger charge is 2.42. The van der Waals surface area contributed by atoms with Crippen LogP contribution in [0.25, 0.3) is 0 Å².